The quantitative estimate of drug-likeness (QED) is 0.666. The molecule has 1 heterocycles. The van der Waals surface area contributed by atoms with Crippen molar-refractivity contribution in [3.05, 3.63) is 0 Å². The smallest absolute Gasteiger partial charge is 0.307 e. The molecule has 1 aliphatic carbocycles. The van der Waals surface area contributed by atoms with Gasteiger partial charge in [-0.05, 0) is 24.7 Å². The lowest BCUT2D eigenvalue weighted by Crippen LogP contribution is -2.29. The molecule has 2 aliphatic rings. The molecule has 1 saturated heterocycles. The minimum atomic E-state index is -2.96. The van der Waals surface area contributed by atoms with E-state index in [2.05, 4.69) is 0 Å². The van der Waals surface area contributed by atoms with Gasteiger partial charge in [0.05, 0.1) is 17.4 Å². The number of sulfone groups is 1. The lowest BCUT2D eigenvalue weighted by atomic mass is 9.99. The molecule has 1 saturated carbocycles. The molecule has 0 aromatic carbocycles. The Morgan fingerprint density at radius 1 is 1.46 bits per heavy atom. The van der Waals surface area contributed by atoms with Gasteiger partial charge in [0.1, 0.15) is 0 Å². The Bertz CT molecular complexity index is 345. The Balaban J connectivity index is 2.15. The summed E-state index contributed by atoms with van der Waals surface area (Å²) in [6.07, 6.45) is 1.96. The first-order valence-corrected chi connectivity index (χ1v) is 6.21. The molecular weight excluding hydrogens is 192 g/mol. The van der Waals surface area contributed by atoms with Crippen molar-refractivity contribution in [1.82, 2.24) is 0 Å². The van der Waals surface area contributed by atoms with Gasteiger partial charge >= 0.3 is 5.97 Å². The molecule has 2 atom stereocenters. The number of carbonyl (C=O) groups is 1. The van der Waals surface area contributed by atoms with Gasteiger partial charge in [-0.25, -0.2) is 8.42 Å². The molecule has 0 bridgehead atoms. The van der Waals surface area contributed by atoms with Crippen LogP contribution in [-0.2, 0) is 14.6 Å². The topological polar surface area (TPSA) is 71.4 Å². The van der Waals surface area contributed by atoms with Gasteiger partial charge in [-0.3, -0.25) is 4.79 Å². The maximum Gasteiger partial charge on any atom is 0.307 e. The van der Waals surface area contributed by atoms with Gasteiger partial charge in [-0.15, -0.1) is 0 Å². The van der Waals surface area contributed by atoms with Crippen molar-refractivity contribution in [3.8, 4) is 0 Å². The van der Waals surface area contributed by atoms with Crippen molar-refractivity contribution in [1.29, 1.82) is 0 Å². The average Bonchev–Trinajstić information content (AvgIpc) is 2.60. The molecule has 13 heavy (non-hydrogen) atoms. The van der Waals surface area contributed by atoms with Crippen LogP contribution in [0.5, 0.6) is 0 Å². The summed E-state index contributed by atoms with van der Waals surface area (Å²) in [6.45, 7) is 0. The van der Waals surface area contributed by atoms with E-state index in [-0.39, 0.29) is 16.9 Å². The summed E-state index contributed by atoms with van der Waals surface area (Å²) < 4.78 is 22.6. The van der Waals surface area contributed by atoms with E-state index in [1.54, 1.807) is 0 Å². The lowest BCUT2D eigenvalue weighted by molar-refractivity contribution is -0.139. The van der Waals surface area contributed by atoms with Gasteiger partial charge in [0.25, 0.3) is 0 Å². The molecule has 0 amide bonds. The Kier molecular flexibility index (Phi) is 1.71. The summed E-state index contributed by atoms with van der Waals surface area (Å²) in [4.78, 5) is 10.7. The highest BCUT2D eigenvalue weighted by Crippen LogP contribution is 2.58. The van der Waals surface area contributed by atoms with Crippen LogP contribution in [0.15, 0.2) is 0 Å². The van der Waals surface area contributed by atoms with Crippen LogP contribution in [0.1, 0.15) is 19.3 Å². The first-order valence-electron chi connectivity index (χ1n) is 4.38. The predicted molar refractivity (Wildman–Crippen MR) is 46.1 cm³/mol. The molecule has 0 radical (unpaired) electrons. The van der Waals surface area contributed by atoms with Gasteiger partial charge in [0, 0.05) is 0 Å². The van der Waals surface area contributed by atoms with Crippen molar-refractivity contribution >= 4 is 15.8 Å². The first kappa shape index (κ1) is 8.99. The van der Waals surface area contributed by atoms with Gasteiger partial charge < -0.3 is 5.11 Å². The first-order chi connectivity index (χ1) is 5.95. The SMILES string of the molecule is O=C(O)C1CC12CCCS(=O)(=O)C2. The largest absolute Gasteiger partial charge is 0.481 e. The fourth-order valence-electron chi connectivity index (χ4n) is 2.36. The highest BCUT2D eigenvalue weighted by atomic mass is 32.2. The Morgan fingerprint density at radius 2 is 2.15 bits per heavy atom. The zero-order valence-corrected chi connectivity index (χ0v) is 8.01. The van der Waals surface area contributed by atoms with E-state index >= 15 is 0 Å². The van der Waals surface area contributed by atoms with Crippen LogP contribution in [0.2, 0.25) is 0 Å². The normalized spacial score (nSPS) is 41.7. The highest BCUT2D eigenvalue weighted by Gasteiger charge is 2.61. The Hall–Kier alpha value is -0.580. The Morgan fingerprint density at radius 3 is 2.62 bits per heavy atom. The molecule has 4 nitrogen and oxygen atoms in total. The van der Waals surface area contributed by atoms with Crippen molar-refractivity contribution in [2.75, 3.05) is 11.5 Å². The van der Waals surface area contributed by atoms with E-state index in [0.29, 0.717) is 12.8 Å². The van der Waals surface area contributed by atoms with Gasteiger partial charge in [0.2, 0.25) is 0 Å². The van der Waals surface area contributed by atoms with Gasteiger partial charge in [-0.1, -0.05) is 0 Å². The second-order valence-corrected chi connectivity index (χ2v) is 6.34. The van der Waals surface area contributed by atoms with Crippen LogP contribution in [0.4, 0.5) is 0 Å². The third-order valence-electron chi connectivity index (χ3n) is 3.13. The molecule has 2 unspecified atom stereocenters. The standard InChI is InChI=1S/C8H12O4S/c9-7(10)6-4-8(6)2-1-3-13(11,12)5-8/h6H,1-5H2,(H,9,10). The van der Waals surface area contributed by atoms with Gasteiger partial charge in [0.15, 0.2) is 9.84 Å². The summed E-state index contributed by atoms with van der Waals surface area (Å²) in [6, 6.07) is 0. The second kappa shape index (κ2) is 2.47. The molecule has 1 spiro atoms. The van der Waals surface area contributed by atoms with Crippen LogP contribution >= 0.6 is 0 Å². The monoisotopic (exact) mass is 204 g/mol. The van der Waals surface area contributed by atoms with Crippen molar-refractivity contribution < 1.29 is 18.3 Å². The third kappa shape index (κ3) is 1.45. The fourth-order valence-corrected chi connectivity index (χ4v) is 4.43. The van der Waals surface area contributed by atoms with E-state index in [1.165, 1.54) is 0 Å². The van der Waals surface area contributed by atoms with Gasteiger partial charge in [-0.2, -0.15) is 0 Å². The minimum absolute atomic E-state index is 0.0942. The summed E-state index contributed by atoms with van der Waals surface area (Å²) in [5.41, 5.74) is -0.386. The van der Waals surface area contributed by atoms with Crippen molar-refractivity contribution in [2.45, 2.75) is 19.3 Å². The maximum atomic E-state index is 11.3. The number of rotatable bonds is 1. The second-order valence-electron chi connectivity index (χ2n) is 4.15. The van der Waals surface area contributed by atoms with E-state index < -0.39 is 21.7 Å². The maximum absolute atomic E-state index is 11.3. The molecular formula is C8H12O4S. The predicted octanol–water partition coefficient (Wildman–Crippen LogP) is 0.286. The number of aliphatic carboxylic acids is 1. The molecule has 1 aliphatic heterocycles. The number of hydrogen-bond acceptors (Lipinski definition) is 3. The number of carboxylic acids is 1. The number of carboxylic acid groups (broad SMARTS) is 1. The molecule has 0 aromatic heterocycles. The number of hydrogen-bond donors (Lipinski definition) is 1. The van der Waals surface area contributed by atoms with Crippen molar-refractivity contribution in [3.63, 3.8) is 0 Å². The Labute approximate surface area is 76.9 Å². The van der Waals surface area contributed by atoms with E-state index in [4.69, 9.17) is 5.11 Å². The zero-order chi connectivity index (χ0) is 9.69. The molecule has 2 rings (SSSR count). The van der Waals surface area contributed by atoms with Crippen LogP contribution in [-0.4, -0.2) is 31.0 Å². The van der Waals surface area contributed by atoms with Crippen LogP contribution in [0.3, 0.4) is 0 Å². The molecule has 2 fully saturated rings. The molecule has 0 aromatic rings. The highest BCUT2D eigenvalue weighted by molar-refractivity contribution is 7.91. The minimum Gasteiger partial charge on any atom is -0.481 e. The van der Waals surface area contributed by atoms with Crippen LogP contribution < -0.4 is 0 Å². The van der Waals surface area contributed by atoms with Crippen LogP contribution in [0.25, 0.3) is 0 Å². The molecule has 74 valence electrons. The summed E-state index contributed by atoms with van der Waals surface area (Å²) >= 11 is 0. The van der Waals surface area contributed by atoms with E-state index in [0.717, 1.165) is 6.42 Å². The van der Waals surface area contributed by atoms with Crippen molar-refractivity contribution in [2.24, 2.45) is 11.3 Å². The average molecular weight is 204 g/mol. The van der Waals surface area contributed by atoms with E-state index in [9.17, 15) is 13.2 Å². The lowest BCUT2D eigenvalue weighted by Gasteiger charge is -2.21. The fraction of sp³-hybridized carbons (Fsp3) is 0.875. The van der Waals surface area contributed by atoms with Crippen LogP contribution in [0, 0.1) is 11.3 Å². The summed E-state index contributed by atoms with van der Waals surface area (Å²) in [7, 11) is -2.96. The van der Waals surface area contributed by atoms with E-state index in [1.807, 2.05) is 0 Å². The summed E-state index contributed by atoms with van der Waals surface area (Å²) in [5, 5.41) is 8.75. The summed E-state index contributed by atoms with van der Waals surface area (Å²) in [5.74, 6) is -0.905. The third-order valence-corrected chi connectivity index (χ3v) is 5.05. The molecule has 1 N–H and O–H groups in total. The molecule has 5 heteroatoms. The zero-order valence-electron chi connectivity index (χ0n) is 7.19.